The maximum atomic E-state index is 6.01. The van der Waals surface area contributed by atoms with Crippen molar-refractivity contribution in [3.8, 4) is 0 Å². The molecule has 0 aliphatic carbocycles. The Morgan fingerprint density at radius 2 is 1.77 bits per heavy atom. The molecular formula is C10H20N2O. The minimum Gasteiger partial charge on any atom is -0.378 e. The van der Waals surface area contributed by atoms with Crippen molar-refractivity contribution in [1.82, 2.24) is 4.90 Å². The maximum absolute atomic E-state index is 6.01. The van der Waals surface area contributed by atoms with Gasteiger partial charge in [-0.1, -0.05) is 0 Å². The third kappa shape index (κ3) is 1.73. The molecule has 13 heavy (non-hydrogen) atoms. The Kier molecular flexibility index (Phi) is 2.58. The van der Waals surface area contributed by atoms with Crippen molar-refractivity contribution < 1.29 is 4.74 Å². The zero-order chi connectivity index (χ0) is 9.42. The normalized spacial score (nSPS) is 41.1. The van der Waals surface area contributed by atoms with Gasteiger partial charge in [-0.15, -0.1) is 0 Å². The van der Waals surface area contributed by atoms with Crippen LogP contribution in [0.25, 0.3) is 0 Å². The Labute approximate surface area is 80.2 Å². The fraction of sp³-hybridized carbons (Fsp3) is 1.00. The first-order valence-electron chi connectivity index (χ1n) is 5.29. The molecule has 2 saturated heterocycles. The van der Waals surface area contributed by atoms with Crippen molar-refractivity contribution in [2.75, 3.05) is 13.2 Å². The number of nitrogens with two attached hydrogens (primary N) is 1. The molecule has 1 unspecified atom stereocenters. The van der Waals surface area contributed by atoms with Gasteiger partial charge in [0, 0.05) is 24.2 Å². The van der Waals surface area contributed by atoms with Crippen LogP contribution in [0.2, 0.25) is 0 Å². The summed E-state index contributed by atoms with van der Waals surface area (Å²) in [6.45, 7) is 6.29. The summed E-state index contributed by atoms with van der Waals surface area (Å²) in [5.41, 5.74) is 6.01. The van der Waals surface area contributed by atoms with Crippen molar-refractivity contribution >= 4 is 0 Å². The summed E-state index contributed by atoms with van der Waals surface area (Å²) in [5.74, 6) is 0. The summed E-state index contributed by atoms with van der Waals surface area (Å²) in [6.07, 6.45) is 2.21. The molecule has 0 aromatic heterocycles. The van der Waals surface area contributed by atoms with Crippen LogP contribution in [0, 0.1) is 0 Å². The fourth-order valence-electron chi connectivity index (χ4n) is 2.83. The first-order chi connectivity index (χ1) is 6.18. The predicted octanol–water partition coefficient (Wildman–Crippen LogP) is 0.585. The molecule has 3 heteroatoms. The first-order valence-corrected chi connectivity index (χ1v) is 5.29. The number of hydrogen-bond donors (Lipinski definition) is 1. The first kappa shape index (κ1) is 9.44. The molecule has 2 aliphatic rings. The van der Waals surface area contributed by atoms with E-state index in [2.05, 4.69) is 18.7 Å². The van der Waals surface area contributed by atoms with Gasteiger partial charge in [0.25, 0.3) is 0 Å². The molecule has 0 aromatic rings. The molecule has 0 amide bonds. The van der Waals surface area contributed by atoms with Crippen LogP contribution in [-0.2, 0) is 4.74 Å². The lowest BCUT2D eigenvalue weighted by Crippen LogP contribution is -2.61. The van der Waals surface area contributed by atoms with E-state index in [0.717, 1.165) is 26.1 Å². The van der Waals surface area contributed by atoms with E-state index in [4.69, 9.17) is 10.5 Å². The van der Waals surface area contributed by atoms with E-state index in [1.807, 2.05) is 0 Å². The van der Waals surface area contributed by atoms with Gasteiger partial charge in [0.1, 0.15) is 0 Å². The van der Waals surface area contributed by atoms with Crippen LogP contribution in [0.5, 0.6) is 0 Å². The van der Waals surface area contributed by atoms with Crippen molar-refractivity contribution in [2.45, 2.75) is 50.9 Å². The van der Waals surface area contributed by atoms with Crippen molar-refractivity contribution in [3.05, 3.63) is 0 Å². The van der Waals surface area contributed by atoms with Crippen LogP contribution in [0.15, 0.2) is 0 Å². The minimum absolute atomic E-state index is 0.397. The Morgan fingerprint density at radius 1 is 1.23 bits per heavy atom. The second-order valence-corrected chi connectivity index (χ2v) is 4.62. The lowest BCUT2D eigenvalue weighted by molar-refractivity contribution is -0.0914. The van der Waals surface area contributed by atoms with Gasteiger partial charge < -0.3 is 10.5 Å². The molecule has 2 fully saturated rings. The van der Waals surface area contributed by atoms with E-state index >= 15 is 0 Å². The monoisotopic (exact) mass is 184 g/mol. The van der Waals surface area contributed by atoms with Gasteiger partial charge in [0.2, 0.25) is 0 Å². The highest BCUT2D eigenvalue weighted by atomic mass is 16.5. The number of piperidine rings is 1. The molecule has 2 bridgehead atoms. The molecule has 2 heterocycles. The highest BCUT2D eigenvalue weighted by molar-refractivity contribution is 4.94. The van der Waals surface area contributed by atoms with Crippen LogP contribution in [0.4, 0.5) is 0 Å². The smallest absolute Gasteiger partial charge is 0.0623 e. The largest absolute Gasteiger partial charge is 0.378 e. The van der Waals surface area contributed by atoms with Gasteiger partial charge in [-0.05, 0) is 26.7 Å². The third-order valence-corrected chi connectivity index (χ3v) is 3.21. The van der Waals surface area contributed by atoms with Gasteiger partial charge >= 0.3 is 0 Å². The number of fused-ring (bicyclic) bond motifs is 2. The molecule has 0 radical (unpaired) electrons. The summed E-state index contributed by atoms with van der Waals surface area (Å²) >= 11 is 0. The van der Waals surface area contributed by atoms with Crippen molar-refractivity contribution in [1.29, 1.82) is 0 Å². The quantitative estimate of drug-likeness (QED) is 0.648. The van der Waals surface area contributed by atoms with Crippen LogP contribution < -0.4 is 5.73 Å². The van der Waals surface area contributed by atoms with Crippen molar-refractivity contribution in [3.63, 3.8) is 0 Å². The number of ether oxygens (including phenoxy) is 1. The molecule has 2 N–H and O–H groups in total. The predicted molar refractivity (Wildman–Crippen MR) is 52.6 cm³/mol. The van der Waals surface area contributed by atoms with E-state index in [9.17, 15) is 0 Å². The lowest BCUT2D eigenvalue weighted by atomic mass is 9.89. The van der Waals surface area contributed by atoms with E-state index in [1.165, 1.54) is 0 Å². The Bertz CT molecular complexity index is 170. The summed E-state index contributed by atoms with van der Waals surface area (Å²) in [7, 11) is 0. The highest BCUT2D eigenvalue weighted by Gasteiger charge is 2.38. The highest BCUT2D eigenvalue weighted by Crippen LogP contribution is 2.28. The van der Waals surface area contributed by atoms with Gasteiger partial charge in [-0.25, -0.2) is 0 Å². The number of morpholine rings is 1. The lowest BCUT2D eigenvalue weighted by Gasteiger charge is -2.49. The maximum Gasteiger partial charge on any atom is 0.0623 e. The molecule has 0 saturated carbocycles. The van der Waals surface area contributed by atoms with Crippen LogP contribution >= 0.6 is 0 Å². The number of rotatable bonds is 1. The fourth-order valence-corrected chi connectivity index (χ4v) is 2.83. The standard InChI is InChI=1S/C10H20N2O/c1-7(2)12-9-3-8(11)4-10(12)6-13-5-9/h7-10H,3-6,11H2,1-2H3/t8?,9-,10+. The van der Waals surface area contributed by atoms with Crippen LogP contribution in [0.3, 0.4) is 0 Å². The molecule has 2 rings (SSSR count). The summed E-state index contributed by atoms with van der Waals surface area (Å²) in [4.78, 5) is 2.59. The average Bonchev–Trinajstić information content (AvgIpc) is 2.01. The van der Waals surface area contributed by atoms with Crippen LogP contribution in [0.1, 0.15) is 26.7 Å². The molecule has 76 valence electrons. The van der Waals surface area contributed by atoms with E-state index in [1.54, 1.807) is 0 Å². The summed E-state index contributed by atoms with van der Waals surface area (Å²) < 4.78 is 5.57. The summed E-state index contributed by atoms with van der Waals surface area (Å²) in [5, 5.41) is 0. The Balaban J connectivity index is 2.10. The molecule has 0 aromatic carbocycles. The third-order valence-electron chi connectivity index (χ3n) is 3.21. The average molecular weight is 184 g/mol. The van der Waals surface area contributed by atoms with E-state index in [-0.39, 0.29) is 0 Å². The topological polar surface area (TPSA) is 38.5 Å². The Morgan fingerprint density at radius 3 is 2.23 bits per heavy atom. The van der Waals surface area contributed by atoms with Crippen molar-refractivity contribution in [2.24, 2.45) is 5.73 Å². The second-order valence-electron chi connectivity index (χ2n) is 4.62. The van der Waals surface area contributed by atoms with Crippen LogP contribution in [-0.4, -0.2) is 42.3 Å². The van der Waals surface area contributed by atoms with Gasteiger partial charge in [0.15, 0.2) is 0 Å². The van der Waals surface area contributed by atoms with Gasteiger partial charge in [0.05, 0.1) is 13.2 Å². The molecule has 3 atom stereocenters. The van der Waals surface area contributed by atoms with E-state index < -0.39 is 0 Å². The number of nitrogens with zero attached hydrogens (tertiary/aromatic N) is 1. The molecule has 2 aliphatic heterocycles. The zero-order valence-electron chi connectivity index (χ0n) is 8.57. The molecule has 3 nitrogen and oxygen atoms in total. The molecular weight excluding hydrogens is 164 g/mol. The molecule has 0 spiro atoms. The minimum atomic E-state index is 0.397. The Hall–Kier alpha value is -0.120. The van der Waals surface area contributed by atoms with Gasteiger partial charge in [-0.3, -0.25) is 4.90 Å². The SMILES string of the molecule is CC(C)N1[C@@H]2COC[C@H]1CC(N)C2. The second kappa shape index (κ2) is 3.56. The number of hydrogen-bond acceptors (Lipinski definition) is 3. The van der Waals surface area contributed by atoms with E-state index in [0.29, 0.717) is 24.2 Å². The summed E-state index contributed by atoms with van der Waals surface area (Å²) in [6, 6.07) is 2.17. The van der Waals surface area contributed by atoms with Gasteiger partial charge in [-0.2, -0.15) is 0 Å². The zero-order valence-corrected chi connectivity index (χ0v) is 8.57.